The normalized spacial score (nSPS) is 18.4. The summed E-state index contributed by atoms with van der Waals surface area (Å²) in [5.41, 5.74) is 3.11. The smallest absolute Gasteiger partial charge is 0.224 e. The first-order valence-electron chi connectivity index (χ1n) is 7.50. The van der Waals surface area contributed by atoms with Crippen LogP contribution in [0.4, 0.5) is 5.69 Å². The summed E-state index contributed by atoms with van der Waals surface area (Å²) in [6, 6.07) is 6.01. The van der Waals surface area contributed by atoms with Crippen LogP contribution in [0.2, 0.25) is 0 Å². The molecule has 0 spiro atoms. The number of hydrogen-bond donors (Lipinski definition) is 1. The molecule has 0 bridgehead atoms. The molecular formula is C16H23NO3S. The molecule has 1 fully saturated rings. The molecule has 21 heavy (non-hydrogen) atoms. The third kappa shape index (κ3) is 4.30. The second kappa shape index (κ2) is 6.60. The van der Waals surface area contributed by atoms with E-state index in [9.17, 15) is 13.2 Å². The first-order chi connectivity index (χ1) is 9.91. The third-order valence-corrected chi connectivity index (χ3v) is 5.87. The standard InChI is InChI=1S/C16H23NO3S/c1-3-14-6-4-5-12(2)16(14)17-15(18)11-13-7-9-21(19,20)10-8-13/h4-6,13H,3,7-11H2,1-2H3,(H,17,18). The highest BCUT2D eigenvalue weighted by Gasteiger charge is 2.25. The van der Waals surface area contributed by atoms with E-state index in [1.807, 2.05) is 25.1 Å². The van der Waals surface area contributed by atoms with Crippen molar-refractivity contribution in [3.05, 3.63) is 29.3 Å². The number of nitrogens with one attached hydrogen (secondary N) is 1. The third-order valence-electron chi connectivity index (χ3n) is 4.15. The van der Waals surface area contributed by atoms with E-state index in [1.54, 1.807) is 0 Å². The number of carbonyl (C=O) groups excluding carboxylic acids is 1. The average molecular weight is 309 g/mol. The summed E-state index contributed by atoms with van der Waals surface area (Å²) < 4.78 is 22.8. The molecule has 0 saturated carbocycles. The zero-order chi connectivity index (χ0) is 15.5. The number of hydrogen-bond acceptors (Lipinski definition) is 3. The molecule has 0 aromatic heterocycles. The highest BCUT2D eigenvalue weighted by molar-refractivity contribution is 7.91. The summed E-state index contributed by atoms with van der Waals surface area (Å²) >= 11 is 0. The Morgan fingerprint density at radius 3 is 2.57 bits per heavy atom. The number of anilines is 1. The van der Waals surface area contributed by atoms with Crippen LogP contribution in [0.15, 0.2) is 18.2 Å². The number of aryl methyl sites for hydroxylation is 2. The summed E-state index contributed by atoms with van der Waals surface area (Å²) in [5.74, 6) is 0.608. The Labute approximate surface area is 126 Å². The second-order valence-electron chi connectivity index (χ2n) is 5.81. The van der Waals surface area contributed by atoms with Gasteiger partial charge < -0.3 is 5.32 Å². The molecular weight excluding hydrogens is 286 g/mol. The molecule has 1 saturated heterocycles. The summed E-state index contributed by atoms with van der Waals surface area (Å²) in [7, 11) is -2.86. The first-order valence-corrected chi connectivity index (χ1v) is 9.32. The van der Waals surface area contributed by atoms with E-state index < -0.39 is 9.84 Å². The summed E-state index contributed by atoms with van der Waals surface area (Å²) in [5, 5.41) is 3.01. The van der Waals surface area contributed by atoms with Gasteiger partial charge in [0.2, 0.25) is 5.91 Å². The Balaban J connectivity index is 1.97. The minimum absolute atomic E-state index is 0.0108. The van der Waals surface area contributed by atoms with E-state index in [0.29, 0.717) is 19.3 Å². The molecule has 0 unspecified atom stereocenters. The maximum atomic E-state index is 12.2. The number of carbonyl (C=O) groups is 1. The Bertz CT molecular complexity index is 608. The van der Waals surface area contributed by atoms with Crippen molar-refractivity contribution in [3.63, 3.8) is 0 Å². The Kier molecular flexibility index (Phi) is 5.04. The van der Waals surface area contributed by atoms with Crippen LogP contribution >= 0.6 is 0 Å². The van der Waals surface area contributed by atoms with E-state index in [2.05, 4.69) is 12.2 Å². The SMILES string of the molecule is CCc1cccc(C)c1NC(=O)CC1CCS(=O)(=O)CC1. The van der Waals surface area contributed by atoms with E-state index in [1.165, 1.54) is 0 Å². The van der Waals surface area contributed by atoms with Gasteiger partial charge in [-0.05, 0) is 43.2 Å². The number of benzene rings is 1. The van der Waals surface area contributed by atoms with Crippen LogP contribution in [-0.4, -0.2) is 25.8 Å². The molecule has 0 atom stereocenters. The van der Waals surface area contributed by atoms with Crippen molar-refractivity contribution >= 4 is 21.4 Å². The lowest BCUT2D eigenvalue weighted by atomic mass is 9.98. The monoisotopic (exact) mass is 309 g/mol. The van der Waals surface area contributed by atoms with E-state index in [4.69, 9.17) is 0 Å². The van der Waals surface area contributed by atoms with Crippen molar-refractivity contribution in [2.24, 2.45) is 5.92 Å². The molecule has 1 amide bonds. The molecule has 1 N–H and O–H groups in total. The lowest BCUT2D eigenvalue weighted by molar-refractivity contribution is -0.117. The summed E-state index contributed by atoms with van der Waals surface area (Å²) in [6.07, 6.45) is 2.49. The van der Waals surface area contributed by atoms with Crippen LogP contribution < -0.4 is 5.32 Å². The van der Waals surface area contributed by atoms with Crippen molar-refractivity contribution < 1.29 is 13.2 Å². The molecule has 1 aromatic rings. The average Bonchev–Trinajstić information content (AvgIpc) is 2.43. The van der Waals surface area contributed by atoms with Gasteiger partial charge in [0.05, 0.1) is 11.5 Å². The van der Waals surface area contributed by atoms with Crippen LogP contribution in [0.1, 0.15) is 37.3 Å². The Hall–Kier alpha value is -1.36. The Morgan fingerprint density at radius 2 is 1.95 bits per heavy atom. The van der Waals surface area contributed by atoms with Crippen molar-refractivity contribution in [1.82, 2.24) is 0 Å². The zero-order valence-corrected chi connectivity index (χ0v) is 13.5. The quantitative estimate of drug-likeness (QED) is 0.930. The predicted molar refractivity (Wildman–Crippen MR) is 85.2 cm³/mol. The first kappa shape index (κ1) is 16.0. The van der Waals surface area contributed by atoms with Crippen LogP contribution in [-0.2, 0) is 21.1 Å². The minimum Gasteiger partial charge on any atom is -0.326 e. The molecule has 1 aromatic carbocycles. The largest absolute Gasteiger partial charge is 0.326 e. The number of rotatable bonds is 4. The second-order valence-corrected chi connectivity index (χ2v) is 8.11. The maximum Gasteiger partial charge on any atom is 0.224 e. The van der Waals surface area contributed by atoms with Gasteiger partial charge in [-0.3, -0.25) is 4.79 Å². The van der Waals surface area contributed by atoms with Gasteiger partial charge in [-0.1, -0.05) is 25.1 Å². The molecule has 116 valence electrons. The Morgan fingerprint density at radius 1 is 1.29 bits per heavy atom. The fourth-order valence-electron chi connectivity index (χ4n) is 2.80. The van der Waals surface area contributed by atoms with Gasteiger partial charge in [0, 0.05) is 12.1 Å². The van der Waals surface area contributed by atoms with Crippen LogP contribution in [0.25, 0.3) is 0 Å². The topological polar surface area (TPSA) is 63.2 Å². The molecule has 1 aliphatic rings. The van der Waals surface area contributed by atoms with Gasteiger partial charge in [0.25, 0.3) is 0 Å². The predicted octanol–water partition coefficient (Wildman–Crippen LogP) is 2.71. The lowest BCUT2D eigenvalue weighted by Gasteiger charge is -2.22. The minimum atomic E-state index is -2.86. The maximum absolute atomic E-state index is 12.2. The molecule has 2 rings (SSSR count). The van der Waals surface area contributed by atoms with Crippen LogP contribution in [0.3, 0.4) is 0 Å². The van der Waals surface area contributed by atoms with Gasteiger partial charge in [0.1, 0.15) is 9.84 Å². The van der Waals surface area contributed by atoms with Crippen molar-refractivity contribution in [2.75, 3.05) is 16.8 Å². The molecule has 4 nitrogen and oxygen atoms in total. The molecule has 0 radical (unpaired) electrons. The van der Waals surface area contributed by atoms with Gasteiger partial charge in [0.15, 0.2) is 0 Å². The van der Waals surface area contributed by atoms with E-state index in [-0.39, 0.29) is 23.3 Å². The van der Waals surface area contributed by atoms with Crippen LogP contribution in [0, 0.1) is 12.8 Å². The van der Waals surface area contributed by atoms with Gasteiger partial charge in [-0.15, -0.1) is 0 Å². The molecule has 5 heteroatoms. The van der Waals surface area contributed by atoms with Gasteiger partial charge >= 0.3 is 0 Å². The summed E-state index contributed by atoms with van der Waals surface area (Å²) in [4.78, 5) is 12.2. The fourth-order valence-corrected chi connectivity index (χ4v) is 4.39. The zero-order valence-electron chi connectivity index (χ0n) is 12.7. The summed E-state index contributed by atoms with van der Waals surface area (Å²) in [6.45, 7) is 4.05. The molecule has 1 heterocycles. The van der Waals surface area contributed by atoms with Gasteiger partial charge in [-0.25, -0.2) is 8.42 Å². The fraction of sp³-hybridized carbons (Fsp3) is 0.562. The number of amides is 1. The highest BCUT2D eigenvalue weighted by atomic mass is 32.2. The van der Waals surface area contributed by atoms with Crippen molar-refractivity contribution in [2.45, 2.75) is 39.5 Å². The van der Waals surface area contributed by atoms with Crippen molar-refractivity contribution in [3.8, 4) is 0 Å². The van der Waals surface area contributed by atoms with Crippen LogP contribution in [0.5, 0.6) is 0 Å². The van der Waals surface area contributed by atoms with E-state index >= 15 is 0 Å². The van der Waals surface area contributed by atoms with Gasteiger partial charge in [-0.2, -0.15) is 0 Å². The lowest BCUT2D eigenvalue weighted by Crippen LogP contribution is -2.26. The van der Waals surface area contributed by atoms with E-state index in [0.717, 1.165) is 23.2 Å². The molecule has 0 aliphatic carbocycles. The number of para-hydroxylation sites is 1. The van der Waals surface area contributed by atoms with Crippen molar-refractivity contribution in [1.29, 1.82) is 0 Å². The molecule has 1 aliphatic heterocycles. The number of sulfone groups is 1. The highest BCUT2D eigenvalue weighted by Crippen LogP contribution is 2.25.